The van der Waals surface area contributed by atoms with Gasteiger partial charge in [-0.2, -0.15) is 4.98 Å². The molecular formula is C21H18N4O. The molecule has 1 aliphatic heterocycles. The lowest BCUT2D eigenvalue weighted by Crippen LogP contribution is -2.31. The standard InChI is InChI=1S/C21H18N4O/c26-17-13-7-12-16-18(17)19(14-8-3-1-4-9-14)25-21(22-16)23-20(24-25)15-10-5-2-6-11-15/h1-6,8-11,19H,7,12-13H2,(H,22,23,24)/t19-/m0/s1. The van der Waals surface area contributed by atoms with Crippen LogP contribution in [0.1, 0.15) is 30.9 Å². The Balaban J connectivity index is 1.69. The van der Waals surface area contributed by atoms with Gasteiger partial charge < -0.3 is 5.32 Å². The zero-order valence-corrected chi connectivity index (χ0v) is 14.2. The number of carbonyl (C=O) groups excluding carboxylic acids is 1. The summed E-state index contributed by atoms with van der Waals surface area (Å²) in [6.45, 7) is 0. The summed E-state index contributed by atoms with van der Waals surface area (Å²) in [6, 6.07) is 19.8. The number of fused-ring (bicyclic) bond motifs is 1. The average molecular weight is 342 g/mol. The van der Waals surface area contributed by atoms with Gasteiger partial charge in [-0.25, -0.2) is 4.68 Å². The quantitative estimate of drug-likeness (QED) is 0.765. The van der Waals surface area contributed by atoms with E-state index >= 15 is 0 Å². The number of carbonyl (C=O) groups is 1. The Morgan fingerprint density at radius 2 is 1.69 bits per heavy atom. The zero-order chi connectivity index (χ0) is 17.5. The van der Waals surface area contributed by atoms with Gasteiger partial charge in [0.1, 0.15) is 6.04 Å². The number of allylic oxidation sites excluding steroid dienone is 2. The van der Waals surface area contributed by atoms with Gasteiger partial charge in [0.25, 0.3) is 0 Å². The van der Waals surface area contributed by atoms with E-state index in [0.717, 1.165) is 35.2 Å². The lowest BCUT2D eigenvalue weighted by atomic mass is 9.85. The molecule has 5 rings (SSSR count). The van der Waals surface area contributed by atoms with Crippen molar-refractivity contribution in [3.63, 3.8) is 0 Å². The first-order valence-corrected chi connectivity index (χ1v) is 8.91. The molecule has 0 saturated heterocycles. The molecule has 5 nitrogen and oxygen atoms in total. The maximum absolute atomic E-state index is 12.7. The van der Waals surface area contributed by atoms with Gasteiger partial charge in [-0.3, -0.25) is 4.79 Å². The van der Waals surface area contributed by atoms with Gasteiger partial charge in [-0.1, -0.05) is 60.7 Å². The molecule has 1 aromatic heterocycles. The van der Waals surface area contributed by atoms with Gasteiger partial charge in [0.05, 0.1) is 0 Å². The molecule has 1 N–H and O–H groups in total. The highest BCUT2D eigenvalue weighted by Gasteiger charge is 2.36. The third-order valence-electron chi connectivity index (χ3n) is 5.02. The van der Waals surface area contributed by atoms with Crippen LogP contribution in [-0.2, 0) is 4.79 Å². The number of benzene rings is 2. The van der Waals surface area contributed by atoms with E-state index in [1.165, 1.54) is 0 Å². The summed E-state index contributed by atoms with van der Waals surface area (Å²) in [6.07, 6.45) is 2.35. The van der Waals surface area contributed by atoms with Crippen molar-refractivity contribution in [3.05, 3.63) is 77.5 Å². The molecule has 0 spiro atoms. The lowest BCUT2D eigenvalue weighted by molar-refractivity contribution is -0.116. The van der Waals surface area contributed by atoms with Crippen LogP contribution in [-0.4, -0.2) is 20.5 Å². The molecule has 5 heteroatoms. The summed E-state index contributed by atoms with van der Waals surface area (Å²) in [4.78, 5) is 17.4. The van der Waals surface area contributed by atoms with Gasteiger partial charge in [0.15, 0.2) is 11.6 Å². The first-order valence-electron chi connectivity index (χ1n) is 8.91. The molecule has 0 amide bonds. The molecule has 3 aromatic rings. The SMILES string of the molecule is O=C1CCCC2=C1[C@H](c1ccccc1)n1nc(-c3ccccc3)nc1N2. The maximum atomic E-state index is 12.7. The van der Waals surface area contributed by atoms with Crippen LogP contribution in [0.5, 0.6) is 0 Å². The molecule has 128 valence electrons. The van der Waals surface area contributed by atoms with Gasteiger partial charge in [-0.05, 0) is 18.4 Å². The largest absolute Gasteiger partial charge is 0.328 e. The zero-order valence-electron chi connectivity index (χ0n) is 14.2. The normalized spacial score (nSPS) is 18.9. The fourth-order valence-electron chi connectivity index (χ4n) is 3.81. The number of nitrogens with one attached hydrogen (secondary N) is 1. The Kier molecular flexibility index (Phi) is 3.45. The number of ketones is 1. The van der Waals surface area contributed by atoms with Crippen molar-refractivity contribution < 1.29 is 4.79 Å². The van der Waals surface area contributed by atoms with Gasteiger partial charge >= 0.3 is 0 Å². The van der Waals surface area contributed by atoms with Crippen molar-refractivity contribution in [2.75, 3.05) is 5.32 Å². The second-order valence-electron chi connectivity index (χ2n) is 6.68. The molecular weight excluding hydrogens is 324 g/mol. The summed E-state index contributed by atoms with van der Waals surface area (Å²) in [5.41, 5.74) is 3.85. The second kappa shape index (κ2) is 5.95. The van der Waals surface area contributed by atoms with E-state index in [4.69, 9.17) is 10.1 Å². The molecule has 0 fully saturated rings. The third kappa shape index (κ3) is 2.36. The van der Waals surface area contributed by atoms with Gasteiger partial charge in [0, 0.05) is 23.3 Å². The molecule has 26 heavy (non-hydrogen) atoms. The predicted molar refractivity (Wildman–Crippen MR) is 99.5 cm³/mol. The van der Waals surface area contributed by atoms with Crippen LogP contribution in [0.2, 0.25) is 0 Å². The predicted octanol–water partition coefficient (Wildman–Crippen LogP) is 3.97. The number of aromatic nitrogens is 3. The number of nitrogens with zero attached hydrogens (tertiary/aromatic N) is 3. The van der Waals surface area contributed by atoms with E-state index in [9.17, 15) is 4.79 Å². The monoisotopic (exact) mass is 342 g/mol. The smallest absolute Gasteiger partial charge is 0.226 e. The summed E-state index contributed by atoms with van der Waals surface area (Å²) < 4.78 is 1.86. The molecule has 0 unspecified atom stereocenters. The number of rotatable bonds is 2. The summed E-state index contributed by atoms with van der Waals surface area (Å²) in [5.74, 6) is 1.57. The van der Waals surface area contributed by atoms with E-state index in [1.54, 1.807) is 0 Å². The molecule has 1 atom stereocenters. The second-order valence-corrected chi connectivity index (χ2v) is 6.68. The highest BCUT2D eigenvalue weighted by Crippen LogP contribution is 2.40. The van der Waals surface area contributed by atoms with Crippen molar-refractivity contribution in [2.24, 2.45) is 0 Å². The molecule has 2 aromatic carbocycles. The Morgan fingerprint density at radius 1 is 0.962 bits per heavy atom. The Morgan fingerprint density at radius 3 is 2.46 bits per heavy atom. The fourth-order valence-corrected chi connectivity index (χ4v) is 3.81. The third-order valence-corrected chi connectivity index (χ3v) is 5.02. The van der Waals surface area contributed by atoms with Crippen molar-refractivity contribution in [3.8, 4) is 11.4 Å². The minimum Gasteiger partial charge on any atom is -0.328 e. The minimum absolute atomic E-state index is 0.204. The first-order chi connectivity index (χ1) is 12.8. The topological polar surface area (TPSA) is 59.8 Å². The fraction of sp³-hybridized carbons (Fsp3) is 0.190. The van der Waals surface area contributed by atoms with E-state index < -0.39 is 0 Å². The van der Waals surface area contributed by atoms with Crippen molar-refractivity contribution >= 4 is 11.7 Å². The van der Waals surface area contributed by atoms with E-state index in [0.29, 0.717) is 18.2 Å². The van der Waals surface area contributed by atoms with E-state index in [1.807, 2.05) is 53.2 Å². The first kappa shape index (κ1) is 15.1. The maximum Gasteiger partial charge on any atom is 0.226 e. The Hall–Kier alpha value is -3.21. The average Bonchev–Trinajstić information content (AvgIpc) is 3.12. The van der Waals surface area contributed by atoms with Crippen LogP contribution in [0, 0.1) is 0 Å². The molecule has 0 radical (unpaired) electrons. The molecule has 2 aliphatic rings. The molecule has 1 aliphatic carbocycles. The highest BCUT2D eigenvalue weighted by atomic mass is 16.1. The Bertz CT molecular complexity index is 1010. The minimum atomic E-state index is -0.222. The summed E-state index contributed by atoms with van der Waals surface area (Å²) in [5, 5.41) is 8.13. The number of hydrogen-bond acceptors (Lipinski definition) is 4. The van der Waals surface area contributed by atoms with Crippen LogP contribution >= 0.6 is 0 Å². The van der Waals surface area contributed by atoms with E-state index in [-0.39, 0.29) is 11.8 Å². The lowest BCUT2D eigenvalue weighted by Gasteiger charge is -2.32. The van der Waals surface area contributed by atoms with E-state index in [2.05, 4.69) is 17.4 Å². The van der Waals surface area contributed by atoms with Gasteiger partial charge in [-0.15, -0.1) is 5.10 Å². The Labute approximate surface area is 151 Å². The number of hydrogen-bond donors (Lipinski definition) is 1. The van der Waals surface area contributed by atoms with Crippen LogP contribution < -0.4 is 5.32 Å². The van der Waals surface area contributed by atoms with Crippen LogP contribution in [0.3, 0.4) is 0 Å². The number of anilines is 1. The molecule has 2 heterocycles. The van der Waals surface area contributed by atoms with Crippen LogP contribution in [0.25, 0.3) is 11.4 Å². The molecule has 0 saturated carbocycles. The van der Waals surface area contributed by atoms with Crippen LogP contribution in [0.4, 0.5) is 5.95 Å². The van der Waals surface area contributed by atoms with Crippen LogP contribution in [0.15, 0.2) is 71.9 Å². The van der Waals surface area contributed by atoms with Crippen molar-refractivity contribution in [2.45, 2.75) is 25.3 Å². The number of Topliss-reactive ketones (excluding diaryl/α,β-unsaturated/α-hetero) is 1. The summed E-state index contributed by atoms with van der Waals surface area (Å²) >= 11 is 0. The molecule has 0 bridgehead atoms. The summed E-state index contributed by atoms with van der Waals surface area (Å²) in [7, 11) is 0. The van der Waals surface area contributed by atoms with Crippen molar-refractivity contribution in [1.82, 2.24) is 14.8 Å². The van der Waals surface area contributed by atoms with Gasteiger partial charge in [0.2, 0.25) is 5.95 Å². The highest BCUT2D eigenvalue weighted by molar-refractivity contribution is 5.99. The van der Waals surface area contributed by atoms with Crippen molar-refractivity contribution in [1.29, 1.82) is 0 Å².